The van der Waals surface area contributed by atoms with Crippen molar-refractivity contribution in [1.29, 1.82) is 0 Å². The summed E-state index contributed by atoms with van der Waals surface area (Å²) < 4.78 is 0. The summed E-state index contributed by atoms with van der Waals surface area (Å²) in [4.78, 5) is 11.8. The van der Waals surface area contributed by atoms with Crippen LogP contribution in [0.1, 0.15) is 58.1 Å². The summed E-state index contributed by atoms with van der Waals surface area (Å²) in [6.45, 7) is 8.59. The van der Waals surface area contributed by atoms with Gasteiger partial charge in [-0.3, -0.25) is 4.79 Å². The fraction of sp³-hybridized carbons (Fsp3) is 0.588. The summed E-state index contributed by atoms with van der Waals surface area (Å²) in [7, 11) is 0. The molecule has 1 aromatic carbocycles. The zero-order chi connectivity index (χ0) is 14.3. The number of rotatable bonds is 2. The van der Waals surface area contributed by atoms with Crippen molar-refractivity contribution in [2.45, 2.75) is 57.8 Å². The predicted octanol–water partition coefficient (Wildman–Crippen LogP) is 4.13. The van der Waals surface area contributed by atoms with E-state index >= 15 is 0 Å². The van der Waals surface area contributed by atoms with E-state index in [4.69, 9.17) is 0 Å². The van der Waals surface area contributed by atoms with Crippen LogP contribution in [0.5, 0.6) is 0 Å². The predicted molar refractivity (Wildman–Crippen MR) is 77.5 cm³/mol. The second-order valence-corrected chi connectivity index (χ2v) is 6.90. The average Bonchev–Trinajstić information content (AvgIpc) is 2.71. The number of carboxylic acids is 1. The molecular formula is C17H24O2. The molecule has 0 bridgehead atoms. The van der Waals surface area contributed by atoms with Crippen LogP contribution in [0.25, 0.3) is 0 Å². The molecule has 1 aliphatic carbocycles. The molecule has 2 rings (SSSR count). The lowest BCUT2D eigenvalue weighted by Crippen LogP contribution is -2.38. The Bertz CT molecular complexity index is 467. The van der Waals surface area contributed by atoms with Crippen LogP contribution in [-0.4, -0.2) is 11.1 Å². The normalized spacial score (nSPS) is 27.5. The first kappa shape index (κ1) is 14.1. The topological polar surface area (TPSA) is 37.3 Å². The lowest BCUT2D eigenvalue weighted by atomic mass is 9.72. The van der Waals surface area contributed by atoms with Gasteiger partial charge in [0.25, 0.3) is 0 Å². The smallest absolute Gasteiger partial charge is 0.314 e. The number of carbonyl (C=O) groups is 1. The minimum Gasteiger partial charge on any atom is -0.481 e. The van der Waals surface area contributed by atoms with E-state index in [-0.39, 0.29) is 11.3 Å². The largest absolute Gasteiger partial charge is 0.481 e. The van der Waals surface area contributed by atoms with Gasteiger partial charge in [0, 0.05) is 0 Å². The van der Waals surface area contributed by atoms with Gasteiger partial charge in [-0.2, -0.15) is 0 Å². The van der Waals surface area contributed by atoms with E-state index in [1.165, 1.54) is 5.56 Å². The average molecular weight is 260 g/mol. The SMILES string of the molecule is CC1CCCC1(C(=O)O)c1ccc(C(C)(C)C)cc1. The molecule has 0 radical (unpaired) electrons. The molecule has 1 saturated carbocycles. The van der Waals surface area contributed by atoms with Crippen molar-refractivity contribution in [1.82, 2.24) is 0 Å². The molecule has 0 heterocycles. The van der Waals surface area contributed by atoms with Gasteiger partial charge in [0.05, 0.1) is 5.41 Å². The van der Waals surface area contributed by atoms with Crippen molar-refractivity contribution in [3.05, 3.63) is 35.4 Å². The number of hydrogen-bond acceptors (Lipinski definition) is 1. The Morgan fingerprint density at radius 1 is 1.26 bits per heavy atom. The Morgan fingerprint density at radius 3 is 2.21 bits per heavy atom. The van der Waals surface area contributed by atoms with Gasteiger partial charge in [0.2, 0.25) is 0 Å². The van der Waals surface area contributed by atoms with E-state index in [1.807, 2.05) is 12.1 Å². The molecule has 0 spiro atoms. The van der Waals surface area contributed by atoms with E-state index in [0.29, 0.717) is 0 Å². The van der Waals surface area contributed by atoms with E-state index in [9.17, 15) is 9.90 Å². The molecule has 2 heteroatoms. The van der Waals surface area contributed by atoms with Crippen LogP contribution in [-0.2, 0) is 15.6 Å². The highest BCUT2D eigenvalue weighted by Gasteiger charge is 2.48. The molecule has 0 saturated heterocycles. The molecule has 1 N–H and O–H groups in total. The molecule has 2 atom stereocenters. The number of hydrogen-bond donors (Lipinski definition) is 1. The summed E-state index contributed by atoms with van der Waals surface area (Å²) in [5.41, 5.74) is 1.66. The highest BCUT2D eigenvalue weighted by molar-refractivity contribution is 5.82. The summed E-state index contributed by atoms with van der Waals surface area (Å²) in [5.74, 6) is -0.452. The standard InChI is InChI=1S/C17H24O2/c1-12-6-5-11-17(12,15(18)19)14-9-7-13(8-10-14)16(2,3)4/h7-10,12H,5-6,11H2,1-4H3,(H,18,19). The molecule has 0 aromatic heterocycles. The Morgan fingerprint density at radius 2 is 1.84 bits per heavy atom. The van der Waals surface area contributed by atoms with Crippen LogP contribution in [0, 0.1) is 5.92 Å². The van der Waals surface area contributed by atoms with Gasteiger partial charge >= 0.3 is 5.97 Å². The Labute approximate surface area is 115 Å². The van der Waals surface area contributed by atoms with E-state index in [1.54, 1.807) is 0 Å². The lowest BCUT2D eigenvalue weighted by molar-refractivity contribution is -0.145. The minimum atomic E-state index is -0.670. The van der Waals surface area contributed by atoms with Crippen molar-refractivity contribution >= 4 is 5.97 Å². The molecular weight excluding hydrogens is 236 g/mol. The van der Waals surface area contributed by atoms with Crippen molar-refractivity contribution < 1.29 is 9.90 Å². The highest BCUT2D eigenvalue weighted by Crippen LogP contribution is 2.46. The molecule has 0 amide bonds. The maximum absolute atomic E-state index is 11.8. The Hall–Kier alpha value is -1.31. The summed E-state index contributed by atoms with van der Waals surface area (Å²) in [6, 6.07) is 8.23. The van der Waals surface area contributed by atoms with Crippen LogP contribution in [0.15, 0.2) is 24.3 Å². The van der Waals surface area contributed by atoms with Gasteiger partial charge in [0.15, 0.2) is 0 Å². The van der Waals surface area contributed by atoms with Gasteiger partial charge in [-0.15, -0.1) is 0 Å². The van der Waals surface area contributed by atoms with Crippen molar-refractivity contribution in [2.24, 2.45) is 5.92 Å². The third-order valence-corrected chi connectivity index (χ3v) is 4.70. The first-order valence-electron chi connectivity index (χ1n) is 7.13. The Balaban J connectivity index is 2.42. The van der Waals surface area contributed by atoms with E-state index in [2.05, 4.69) is 39.8 Å². The summed E-state index contributed by atoms with van der Waals surface area (Å²) >= 11 is 0. The zero-order valence-corrected chi connectivity index (χ0v) is 12.4. The molecule has 19 heavy (non-hydrogen) atoms. The Kier molecular flexibility index (Phi) is 3.46. The monoisotopic (exact) mass is 260 g/mol. The van der Waals surface area contributed by atoms with Gasteiger partial charge in [-0.25, -0.2) is 0 Å². The van der Waals surface area contributed by atoms with Gasteiger partial charge < -0.3 is 5.11 Å². The summed E-state index contributed by atoms with van der Waals surface area (Å²) in [6.07, 6.45) is 2.78. The van der Waals surface area contributed by atoms with E-state index < -0.39 is 11.4 Å². The first-order valence-corrected chi connectivity index (χ1v) is 7.13. The van der Waals surface area contributed by atoms with Crippen molar-refractivity contribution in [3.63, 3.8) is 0 Å². The second kappa shape index (κ2) is 4.66. The van der Waals surface area contributed by atoms with Gasteiger partial charge in [0.1, 0.15) is 0 Å². The molecule has 1 fully saturated rings. The van der Waals surface area contributed by atoms with Crippen LogP contribution in [0.4, 0.5) is 0 Å². The molecule has 0 aliphatic heterocycles. The van der Waals surface area contributed by atoms with Crippen molar-refractivity contribution in [2.75, 3.05) is 0 Å². The van der Waals surface area contributed by atoms with Crippen LogP contribution in [0.3, 0.4) is 0 Å². The minimum absolute atomic E-state index is 0.107. The number of benzene rings is 1. The second-order valence-electron chi connectivity index (χ2n) is 6.90. The highest BCUT2D eigenvalue weighted by atomic mass is 16.4. The molecule has 1 aliphatic rings. The van der Waals surface area contributed by atoms with Gasteiger partial charge in [-0.1, -0.05) is 58.4 Å². The fourth-order valence-electron chi connectivity index (χ4n) is 3.32. The number of carboxylic acid groups (broad SMARTS) is 1. The third-order valence-electron chi connectivity index (χ3n) is 4.70. The first-order chi connectivity index (χ1) is 8.78. The van der Waals surface area contributed by atoms with Gasteiger partial charge in [-0.05, 0) is 35.3 Å². The summed E-state index contributed by atoms with van der Waals surface area (Å²) in [5, 5.41) is 9.72. The van der Waals surface area contributed by atoms with Crippen LogP contribution >= 0.6 is 0 Å². The maximum Gasteiger partial charge on any atom is 0.314 e. The molecule has 1 aromatic rings. The maximum atomic E-state index is 11.8. The van der Waals surface area contributed by atoms with Crippen LogP contribution < -0.4 is 0 Å². The van der Waals surface area contributed by atoms with E-state index in [0.717, 1.165) is 24.8 Å². The third kappa shape index (κ3) is 2.29. The number of aliphatic carboxylic acids is 1. The van der Waals surface area contributed by atoms with Crippen LogP contribution in [0.2, 0.25) is 0 Å². The lowest BCUT2D eigenvalue weighted by Gasteiger charge is -2.30. The fourth-order valence-corrected chi connectivity index (χ4v) is 3.32. The molecule has 2 nitrogen and oxygen atoms in total. The molecule has 104 valence electrons. The quantitative estimate of drug-likeness (QED) is 0.868. The zero-order valence-electron chi connectivity index (χ0n) is 12.4. The van der Waals surface area contributed by atoms with Crippen molar-refractivity contribution in [3.8, 4) is 0 Å². The molecule has 2 unspecified atom stereocenters.